The van der Waals surface area contributed by atoms with Crippen LogP contribution in [-0.2, 0) is 0 Å². The lowest BCUT2D eigenvalue weighted by Crippen LogP contribution is -1.95. The molecule has 3 aromatic rings. The molecule has 0 bridgehead atoms. The van der Waals surface area contributed by atoms with E-state index in [0.29, 0.717) is 0 Å². The van der Waals surface area contributed by atoms with Crippen molar-refractivity contribution in [3.63, 3.8) is 0 Å². The Morgan fingerprint density at radius 2 is 1.18 bits per heavy atom. The number of rotatable bonds is 4. The predicted molar refractivity (Wildman–Crippen MR) is 90.9 cm³/mol. The van der Waals surface area contributed by atoms with Gasteiger partial charge in [0.15, 0.2) is 0 Å². The highest BCUT2D eigenvalue weighted by Crippen LogP contribution is 2.33. The van der Waals surface area contributed by atoms with Crippen LogP contribution < -0.4 is 0 Å². The normalized spacial score (nSPS) is 10.2. The molecule has 0 aliphatic rings. The Bertz CT molecular complexity index is 767. The maximum Gasteiger partial charge on any atom is 0.0787 e. The summed E-state index contributed by atoms with van der Waals surface area (Å²) < 4.78 is 0. The highest BCUT2D eigenvalue weighted by atomic mass is 14.7. The van der Waals surface area contributed by atoms with Gasteiger partial charge in [0.1, 0.15) is 0 Å². The van der Waals surface area contributed by atoms with Crippen LogP contribution in [-0.4, -0.2) is 17.4 Å². The van der Waals surface area contributed by atoms with E-state index in [4.69, 9.17) is 10.8 Å². The first-order valence-electron chi connectivity index (χ1n) is 7.00. The third kappa shape index (κ3) is 2.44. The maximum atomic E-state index is 7.61. The molecule has 2 N–H and O–H groups in total. The van der Waals surface area contributed by atoms with Crippen LogP contribution >= 0.6 is 0 Å². The second-order valence-corrected chi connectivity index (χ2v) is 4.86. The van der Waals surface area contributed by atoms with Gasteiger partial charge in [-0.1, -0.05) is 54.6 Å². The Balaban J connectivity index is 2.28. The molecule has 0 saturated heterocycles. The van der Waals surface area contributed by atoms with Gasteiger partial charge in [-0.25, -0.2) is 0 Å². The standard InChI is InChI=1S/C19H15N3/c20-12-14-6-1-3-8-16(14)18-10-5-11-22-19(18)17-9-4-2-7-15(17)13-21/h1-13,20-21H. The second-order valence-electron chi connectivity index (χ2n) is 4.86. The third-order valence-electron chi connectivity index (χ3n) is 3.59. The number of nitrogens with one attached hydrogen (secondary N) is 2. The molecule has 2 aromatic carbocycles. The van der Waals surface area contributed by atoms with E-state index in [0.717, 1.165) is 33.5 Å². The Labute approximate surface area is 129 Å². The molecule has 0 fully saturated rings. The van der Waals surface area contributed by atoms with Gasteiger partial charge in [-0.2, -0.15) is 0 Å². The lowest BCUT2D eigenvalue weighted by atomic mass is 9.94. The predicted octanol–water partition coefficient (Wildman–Crippen LogP) is 4.41. The van der Waals surface area contributed by atoms with Crippen LogP contribution in [0, 0.1) is 10.8 Å². The molecule has 0 aliphatic carbocycles. The quantitative estimate of drug-likeness (QED) is 0.685. The minimum atomic E-state index is 0.829. The van der Waals surface area contributed by atoms with E-state index in [-0.39, 0.29) is 0 Å². The summed E-state index contributed by atoms with van der Waals surface area (Å²) in [6.45, 7) is 0. The van der Waals surface area contributed by atoms with Gasteiger partial charge in [0.25, 0.3) is 0 Å². The second kappa shape index (κ2) is 6.14. The van der Waals surface area contributed by atoms with E-state index in [1.807, 2.05) is 60.7 Å². The van der Waals surface area contributed by atoms with Crippen molar-refractivity contribution in [2.45, 2.75) is 0 Å². The lowest BCUT2D eigenvalue weighted by Gasteiger charge is -2.12. The number of aromatic nitrogens is 1. The zero-order valence-corrected chi connectivity index (χ0v) is 12.0. The molecular formula is C19H15N3. The first-order chi connectivity index (χ1) is 10.8. The van der Waals surface area contributed by atoms with Crippen LogP contribution in [0.25, 0.3) is 22.4 Å². The van der Waals surface area contributed by atoms with Crippen LogP contribution in [0.1, 0.15) is 11.1 Å². The van der Waals surface area contributed by atoms with Crippen molar-refractivity contribution in [2.24, 2.45) is 0 Å². The van der Waals surface area contributed by atoms with Crippen molar-refractivity contribution in [2.75, 3.05) is 0 Å². The summed E-state index contributed by atoms with van der Waals surface area (Å²) in [7, 11) is 0. The summed E-state index contributed by atoms with van der Waals surface area (Å²) in [6, 6.07) is 19.4. The smallest absolute Gasteiger partial charge is 0.0787 e. The van der Waals surface area contributed by atoms with Crippen molar-refractivity contribution in [3.05, 3.63) is 78.0 Å². The number of hydrogen-bond donors (Lipinski definition) is 2. The molecule has 0 spiro atoms. The van der Waals surface area contributed by atoms with Gasteiger partial charge in [0.05, 0.1) is 5.69 Å². The Kier molecular flexibility index (Phi) is 3.88. The Morgan fingerprint density at radius 3 is 1.86 bits per heavy atom. The third-order valence-corrected chi connectivity index (χ3v) is 3.59. The zero-order valence-electron chi connectivity index (χ0n) is 12.0. The summed E-state index contributed by atoms with van der Waals surface area (Å²) in [5.74, 6) is 0. The minimum Gasteiger partial charge on any atom is -0.308 e. The van der Waals surface area contributed by atoms with E-state index in [2.05, 4.69) is 4.98 Å². The highest BCUT2D eigenvalue weighted by Gasteiger charge is 2.12. The van der Waals surface area contributed by atoms with E-state index in [1.165, 1.54) is 12.4 Å². The molecule has 0 aliphatic heterocycles. The zero-order chi connectivity index (χ0) is 15.4. The Hall–Kier alpha value is -3.07. The topological polar surface area (TPSA) is 60.6 Å². The van der Waals surface area contributed by atoms with E-state index in [9.17, 15) is 0 Å². The Morgan fingerprint density at radius 1 is 0.636 bits per heavy atom. The molecule has 3 heteroatoms. The summed E-state index contributed by atoms with van der Waals surface area (Å²) in [6.07, 6.45) is 4.46. The van der Waals surface area contributed by atoms with Gasteiger partial charge in [-0.05, 0) is 17.2 Å². The first kappa shape index (κ1) is 13.9. The average Bonchev–Trinajstić information content (AvgIpc) is 2.61. The fourth-order valence-electron chi connectivity index (χ4n) is 2.54. The number of pyridine rings is 1. The molecule has 0 saturated carbocycles. The van der Waals surface area contributed by atoms with Crippen molar-refractivity contribution in [1.29, 1.82) is 10.8 Å². The SMILES string of the molecule is N=Cc1ccccc1-c1cccnc1-c1ccccc1C=N. The largest absolute Gasteiger partial charge is 0.308 e. The van der Waals surface area contributed by atoms with Crippen LogP contribution in [0.2, 0.25) is 0 Å². The summed E-state index contributed by atoms with van der Waals surface area (Å²) >= 11 is 0. The fraction of sp³-hybridized carbons (Fsp3) is 0. The van der Waals surface area contributed by atoms with E-state index < -0.39 is 0 Å². The van der Waals surface area contributed by atoms with Crippen molar-refractivity contribution in [1.82, 2.24) is 4.98 Å². The van der Waals surface area contributed by atoms with Crippen molar-refractivity contribution >= 4 is 12.4 Å². The molecule has 3 rings (SSSR count). The van der Waals surface area contributed by atoms with Gasteiger partial charge in [-0.3, -0.25) is 4.98 Å². The molecule has 3 nitrogen and oxygen atoms in total. The van der Waals surface area contributed by atoms with Gasteiger partial charge in [-0.15, -0.1) is 0 Å². The number of benzene rings is 2. The molecular weight excluding hydrogens is 270 g/mol. The van der Waals surface area contributed by atoms with Crippen molar-refractivity contribution in [3.8, 4) is 22.4 Å². The van der Waals surface area contributed by atoms with Crippen LogP contribution in [0.5, 0.6) is 0 Å². The van der Waals surface area contributed by atoms with Gasteiger partial charge in [0, 0.05) is 35.3 Å². The minimum absolute atomic E-state index is 0.829. The molecule has 22 heavy (non-hydrogen) atoms. The van der Waals surface area contributed by atoms with Gasteiger partial charge < -0.3 is 10.8 Å². The highest BCUT2D eigenvalue weighted by molar-refractivity contribution is 5.96. The first-order valence-corrected chi connectivity index (χ1v) is 7.00. The van der Waals surface area contributed by atoms with Crippen LogP contribution in [0.15, 0.2) is 66.9 Å². The maximum absolute atomic E-state index is 7.61. The molecule has 0 atom stereocenters. The van der Waals surface area contributed by atoms with Crippen molar-refractivity contribution < 1.29 is 0 Å². The van der Waals surface area contributed by atoms with E-state index in [1.54, 1.807) is 6.20 Å². The molecule has 0 radical (unpaired) electrons. The van der Waals surface area contributed by atoms with Crippen LogP contribution in [0.4, 0.5) is 0 Å². The van der Waals surface area contributed by atoms with Gasteiger partial charge >= 0.3 is 0 Å². The molecule has 106 valence electrons. The van der Waals surface area contributed by atoms with Crippen LogP contribution in [0.3, 0.4) is 0 Å². The monoisotopic (exact) mass is 285 g/mol. The summed E-state index contributed by atoms with van der Waals surface area (Å²) in [5.41, 5.74) is 5.37. The average molecular weight is 285 g/mol. The fourth-order valence-corrected chi connectivity index (χ4v) is 2.54. The number of hydrogen-bond acceptors (Lipinski definition) is 3. The summed E-state index contributed by atoms with van der Waals surface area (Å²) in [5, 5.41) is 15.2. The summed E-state index contributed by atoms with van der Waals surface area (Å²) in [4.78, 5) is 4.53. The van der Waals surface area contributed by atoms with Gasteiger partial charge in [0.2, 0.25) is 0 Å². The molecule has 0 unspecified atom stereocenters. The molecule has 1 heterocycles. The molecule has 0 amide bonds. The lowest BCUT2D eigenvalue weighted by molar-refractivity contribution is 1.32. The molecule has 1 aromatic heterocycles. The number of nitrogens with zero attached hydrogens (tertiary/aromatic N) is 1. The van der Waals surface area contributed by atoms with E-state index >= 15 is 0 Å².